The zero-order valence-electron chi connectivity index (χ0n) is 17.2. The van der Waals surface area contributed by atoms with Crippen molar-refractivity contribution in [1.29, 1.82) is 0 Å². The molecule has 0 saturated heterocycles. The molecule has 0 aliphatic heterocycles. The normalized spacial score (nSPS) is 29.8. The number of nitrogens with zero attached hydrogens (tertiary/aromatic N) is 1. The Bertz CT molecular complexity index is 910. The molecule has 29 heavy (non-hydrogen) atoms. The van der Waals surface area contributed by atoms with Gasteiger partial charge in [0, 0.05) is 30.8 Å². The molecule has 0 unspecified atom stereocenters. The van der Waals surface area contributed by atoms with E-state index in [9.17, 15) is 9.59 Å². The van der Waals surface area contributed by atoms with Crippen molar-refractivity contribution >= 4 is 28.3 Å². The predicted octanol–water partition coefficient (Wildman–Crippen LogP) is 4.53. The first-order chi connectivity index (χ1) is 14.0. The van der Waals surface area contributed by atoms with E-state index in [1.54, 1.807) is 4.90 Å². The molecule has 2 aromatic rings. The van der Waals surface area contributed by atoms with Gasteiger partial charge in [-0.1, -0.05) is 36.4 Å². The van der Waals surface area contributed by atoms with Crippen LogP contribution in [-0.2, 0) is 9.59 Å². The average Bonchev–Trinajstić information content (AvgIpc) is 2.71. The maximum Gasteiger partial charge on any atom is 0.228 e. The number of nitrogens with one attached hydrogen (secondary N) is 1. The Labute approximate surface area is 172 Å². The largest absolute Gasteiger partial charge is 0.355 e. The van der Waals surface area contributed by atoms with Gasteiger partial charge in [0.1, 0.15) is 0 Å². The van der Waals surface area contributed by atoms with Gasteiger partial charge < -0.3 is 10.2 Å². The van der Waals surface area contributed by atoms with Gasteiger partial charge in [-0.2, -0.15) is 0 Å². The second-order valence-electron chi connectivity index (χ2n) is 9.65. The van der Waals surface area contributed by atoms with Gasteiger partial charge in [-0.3, -0.25) is 9.59 Å². The molecule has 4 aliphatic carbocycles. The molecule has 0 spiro atoms. The summed E-state index contributed by atoms with van der Waals surface area (Å²) in [5, 5.41) is 5.33. The van der Waals surface area contributed by atoms with Crippen LogP contribution in [0.15, 0.2) is 42.5 Å². The summed E-state index contributed by atoms with van der Waals surface area (Å²) in [5.74, 6) is 2.51. The average molecular weight is 391 g/mol. The Balaban J connectivity index is 1.20. The Kier molecular flexibility index (Phi) is 4.60. The third kappa shape index (κ3) is 3.33. The van der Waals surface area contributed by atoms with Crippen molar-refractivity contribution in [1.82, 2.24) is 5.32 Å². The molecule has 0 atom stereocenters. The van der Waals surface area contributed by atoms with Crippen LogP contribution in [0.3, 0.4) is 0 Å². The number of hydrogen-bond donors (Lipinski definition) is 1. The van der Waals surface area contributed by atoms with E-state index in [-0.39, 0.29) is 17.2 Å². The van der Waals surface area contributed by atoms with E-state index in [4.69, 9.17) is 0 Å². The molecule has 4 saturated carbocycles. The van der Waals surface area contributed by atoms with Gasteiger partial charge in [-0.25, -0.2) is 0 Å². The third-order valence-electron chi connectivity index (χ3n) is 7.65. The first-order valence-electron chi connectivity index (χ1n) is 11.1. The van der Waals surface area contributed by atoms with Gasteiger partial charge >= 0.3 is 0 Å². The zero-order chi connectivity index (χ0) is 20.0. The zero-order valence-corrected chi connectivity index (χ0v) is 17.2. The fourth-order valence-electron chi connectivity index (χ4n) is 6.66. The molecule has 6 rings (SSSR count). The monoisotopic (exact) mass is 390 g/mol. The molecule has 0 aromatic heterocycles. The van der Waals surface area contributed by atoms with Crippen LogP contribution in [0.5, 0.6) is 0 Å². The summed E-state index contributed by atoms with van der Waals surface area (Å²) in [4.78, 5) is 27.6. The predicted molar refractivity (Wildman–Crippen MR) is 116 cm³/mol. The molecule has 4 bridgehead atoms. The molecule has 2 aromatic carbocycles. The second-order valence-corrected chi connectivity index (χ2v) is 9.65. The maximum atomic E-state index is 13.1. The van der Waals surface area contributed by atoms with Gasteiger partial charge in [0.05, 0.1) is 5.69 Å². The van der Waals surface area contributed by atoms with Crippen molar-refractivity contribution in [3.63, 3.8) is 0 Å². The summed E-state index contributed by atoms with van der Waals surface area (Å²) in [6.45, 7) is 0.425. The van der Waals surface area contributed by atoms with Crippen molar-refractivity contribution in [2.24, 2.45) is 23.2 Å². The Hall–Kier alpha value is -2.36. The van der Waals surface area contributed by atoms with Crippen LogP contribution in [0.1, 0.15) is 44.9 Å². The lowest BCUT2D eigenvalue weighted by Gasteiger charge is -2.55. The van der Waals surface area contributed by atoms with E-state index < -0.39 is 0 Å². The highest BCUT2D eigenvalue weighted by Crippen LogP contribution is 2.60. The molecule has 2 amide bonds. The lowest BCUT2D eigenvalue weighted by atomic mass is 9.49. The van der Waals surface area contributed by atoms with Crippen LogP contribution in [0.2, 0.25) is 0 Å². The summed E-state index contributed by atoms with van der Waals surface area (Å²) >= 11 is 0. The van der Waals surface area contributed by atoms with Crippen LogP contribution in [-0.4, -0.2) is 25.4 Å². The number of rotatable bonds is 5. The molecule has 0 heterocycles. The lowest BCUT2D eigenvalue weighted by molar-refractivity contribution is -0.146. The van der Waals surface area contributed by atoms with Gasteiger partial charge in [-0.05, 0) is 67.7 Å². The minimum Gasteiger partial charge on any atom is -0.355 e. The molecule has 4 nitrogen and oxygen atoms in total. The smallest absolute Gasteiger partial charge is 0.228 e. The number of fused-ring (bicyclic) bond motifs is 1. The number of anilines is 1. The highest BCUT2D eigenvalue weighted by atomic mass is 16.2. The van der Waals surface area contributed by atoms with Crippen molar-refractivity contribution in [3.05, 3.63) is 42.5 Å². The quantitative estimate of drug-likeness (QED) is 0.816. The first kappa shape index (κ1) is 18.7. The number of hydrogen-bond acceptors (Lipinski definition) is 2. The van der Waals surface area contributed by atoms with Crippen molar-refractivity contribution < 1.29 is 9.59 Å². The summed E-state index contributed by atoms with van der Waals surface area (Å²) < 4.78 is 0. The fraction of sp³-hybridized carbons (Fsp3) is 0.520. The summed E-state index contributed by atoms with van der Waals surface area (Å²) in [6, 6.07) is 14.1. The lowest BCUT2D eigenvalue weighted by Crippen LogP contribution is -2.53. The number of carbonyl (C=O) groups is 2. The van der Waals surface area contributed by atoms with E-state index in [0.29, 0.717) is 13.0 Å². The SMILES string of the molecule is CN(C(=O)CCNC(=O)C12CC3CC(CC(C3)C1)C2)c1cccc2ccccc12. The second kappa shape index (κ2) is 7.16. The van der Waals surface area contributed by atoms with Gasteiger partial charge in [0.2, 0.25) is 11.8 Å². The van der Waals surface area contributed by atoms with E-state index in [0.717, 1.165) is 53.5 Å². The van der Waals surface area contributed by atoms with E-state index in [2.05, 4.69) is 17.4 Å². The Morgan fingerprint density at radius 3 is 2.28 bits per heavy atom. The molecular formula is C25H30N2O2. The third-order valence-corrected chi connectivity index (χ3v) is 7.65. The van der Waals surface area contributed by atoms with Gasteiger partial charge in [-0.15, -0.1) is 0 Å². The number of benzene rings is 2. The summed E-state index contributed by atoms with van der Waals surface area (Å²) in [7, 11) is 1.82. The Morgan fingerprint density at radius 1 is 0.966 bits per heavy atom. The number of carbonyl (C=O) groups excluding carboxylic acids is 2. The van der Waals surface area contributed by atoms with Crippen LogP contribution in [0.25, 0.3) is 10.8 Å². The van der Waals surface area contributed by atoms with Gasteiger partial charge in [0.15, 0.2) is 0 Å². The van der Waals surface area contributed by atoms with Crippen molar-refractivity contribution in [3.8, 4) is 0 Å². The highest BCUT2D eigenvalue weighted by Gasteiger charge is 2.54. The Morgan fingerprint density at radius 2 is 1.59 bits per heavy atom. The standard InChI is InChI=1S/C25H30N2O2/c1-27(22-8-4-6-20-5-2-3-7-21(20)22)23(28)9-10-26-24(29)25-14-17-11-18(15-25)13-19(12-17)16-25/h2-8,17-19H,9-16H2,1H3,(H,26,29). The van der Waals surface area contributed by atoms with E-state index >= 15 is 0 Å². The highest BCUT2D eigenvalue weighted by molar-refractivity contribution is 6.03. The van der Waals surface area contributed by atoms with Crippen LogP contribution in [0.4, 0.5) is 5.69 Å². The van der Waals surface area contributed by atoms with Crippen molar-refractivity contribution in [2.45, 2.75) is 44.9 Å². The van der Waals surface area contributed by atoms with Crippen LogP contribution in [0, 0.1) is 23.2 Å². The molecular weight excluding hydrogens is 360 g/mol. The fourth-order valence-corrected chi connectivity index (χ4v) is 6.66. The first-order valence-corrected chi connectivity index (χ1v) is 11.1. The molecule has 4 fully saturated rings. The number of amides is 2. The molecule has 0 radical (unpaired) electrons. The molecule has 1 N–H and O–H groups in total. The van der Waals surface area contributed by atoms with Crippen LogP contribution < -0.4 is 10.2 Å². The van der Waals surface area contributed by atoms with E-state index in [1.807, 2.05) is 37.4 Å². The molecule has 4 heteroatoms. The molecule has 4 aliphatic rings. The van der Waals surface area contributed by atoms with E-state index in [1.165, 1.54) is 19.3 Å². The topological polar surface area (TPSA) is 49.4 Å². The van der Waals surface area contributed by atoms with Crippen LogP contribution >= 0.6 is 0 Å². The van der Waals surface area contributed by atoms with Gasteiger partial charge in [0.25, 0.3) is 0 Å². The minimum atomic E-state index is -0.140. The maximum absolute atomic E-state index is 13.1. The minimum absolute atomic E-state index is 0.0344. The summed E-state index contributed by atoms with van der Waals surface area (Å²) in [6.07, 6.45) is 7.53. The van der Waals surface area contributed by atoms with Crippen molar-refractivity contribution in [2.75, 3.05) is 18.5 Å². The summed E-state index contributed by atoms with van der Waals surface area (Å²) in [5.41, 5.74) is 0.778. The molecule has 152 valence electrons.